The highest BCUT2D eigenvalue weighted by molar-refractivity contribution is 6.05. The lowest BCUT2D eigenvalue weighted by atomic mass is 9.96. The summed E-state index contributed by atoms with van der Waals surface area (Å²) in [6, 6.07) is 4.25. The molecule has 0 radical (unpaired) electrons. The van der Waals surface area contributed by atoms with E-state index in [2.05, 4.69) is 0 Å². The van der Waals surface area contributed by atoms with Crippen molar-refractivity contribution in [1.29, 1.82) is 0 Å². The van der Waals surface area contributed by atoms with Gasteiger partial charge >= 0.3 is 5.97 Å². The number of benzene rings is 1. The molecule has 1 amide bonds. The fourth-order valence-corrected chi connectivity index (χ4v) is 2.28. The van der Waals surface area contributed by atoms with Gasteiger partial charge in [0.1, 0.15) is 5.82 Å². The first-order valence-corrected chi connectivity index (χ1v) is 6.01. The van der Waals surface area contributed by atoms with Crippen molar-refractivity contribution in [2.24, 2.45) is 0 Å². The third-order valence-corrected chi connectivity index (χ3v) is 3.18. The Balaban J connectivity index is 2.35. The molecule has 19 heavy (non-hydrogen) atoms. The molecule has 100 valence electrons. The zero-order valence-electron chi connectivity index (χ0n) is 10.5. The second-order valence-corrected chi connectivity index (χ2v) is 4.54. The highest BCUT2D eigenvalue weighted by atomic mass is 19.1. The maximum atomic E-state index is 13.2. The number of amides is 1. The Labute approximate surface area is 110 Å². The van der Waals surface area contributed by atoms with Crippen molar-refractivity contribution < 1.29 is 19.1 Å². The fourth-order valence-electron chi connectivity index (χ4n) is 2.28. The number of carbonyl (C=O) groups is 2. The SMILES string of the molecule is CC1CCc2cc(F)ccc2N1C(=O)C=CC(=O)O. The molecule has 4 nitrogen and oxygen atoms in total. The van der Waals surface area contributed by atoms with Crippen molar-refractivity contribution in [3.63, 3.8) is 0 Å². The van der Waals surface area contributed by atoms with Crippen molar-refractivity contribution in [3.05, 3.63) is 41.7 Å². The summed E-state index contributed by atoms with van der Waals surface area (Å²) in [5.74, 6) is -1.90. The number of aliphatic carboxylic acids is 1. The number of fused-ring (bicyclic) bond motifs is 1. The van der Waals surface area contributed by atoms with Crippen LogP contribution < -0.4 is 4.90 Å². The first-order valence-electron chi connectivity index (χ1n) is 6.01. The summed E-state index contributed by atoms with van der Waals surface area (Å²) in [5.41, 5.74) is 1.43. The van der Waals surface area contributed by atoms with Crippen LogP contribution in [0.4, 0.5) is 10.1 Å². The van der Waals surface area contributed by atoms with Gasteiger partial charge in [-0.15, -0.1) is 0 Å². The van der Waals surface area contributed by atoms with Crippen molar-refractivity contribution in [2.45, 2.75) is 25.8 Å². The van der Waals surface area contributed by atoms with E-state index in [4.69, 9.17) is 5.11 Å². The number of carboxylic acid groups (broad SMARTS) is 1. The lowest BCUT2D eigenvalue weighted by molar-refractivity contribution is -0.131. The molecular weight excluding hydrogens is 249 g/mol. The Bertz CT molecular complexity index is 554. The third kappa shape index (κ3) is 2.81. The van der Waals surface area contributed by atoms with E-state index in [0.29, 0.717) is 12.1 Å². The summed E-state index contributed by atoms with van der Waals surface area (Å²) in [6.07, 6.45) is 3.27. The number of aryl methyl sites for hydroxylation is 1. The minimum Gasteiger partial charge on any atom is -0.478 e. The largest absolute Gasteiger partial charge is 0.478 e. The highest BCUT2D eigenvalue weighted by Gasteiger charge is 2.27. The summed E-state index contributed by atoms with van der Waals surface area (Å²) in [6.45, 7) is 1.89. The van der Waals surface area contributed by atoms with Gasteiger partial charge in [0.05, 0.1) is 0 Å². The van der Waals surface area contributed by atoms with Crippen LogP contribution in [0.2, 0.25) is 0 Å². The Morgan fingerprint density at radius 3 is 2.84 bits per heavy atom. The second kappa shape index (κ2) is 5.22. The van der Waals surface area contributed by atoms with Gasteiger partial charge < -0.3 is 10.0 Å². The maximum absolute atomic E-state index is 13.2. The standard InChI is InChI=1S/C14H14FNO3/c1-9-2-3-10-8-11(15)4-5-12(10)16(9)13(17)6-7-14(18)19/h4-9H,2-3H2,1H3,(H,18,19). The topological polar surface area (TPSA) is 57.6 Å². The first-order chi connectivity index (χ1) is 8.99. The van der Waals surface area contributed by atoms with Crippen LogP contribution in [0.1, 0.15) is 18.9 Å². The molecule has 1 heterocycles. The fraction of sp³-hybridized carbons (Fsp3) is 0.286. The number of hydrogen-bond acceptors (Lipinski definition) is 2. The summed E-state index contributed by atoms with van der Waals surface area (Å²) in [5, 5.41) is 8.55. The molecule has 0 spiro atoms. The number of hydrogen-bond donors (Lipinski definition) is 1. The first kappa shape index (κ1) is 13.3. The zero-order chi connectivity index (χ0) is 14.0. The molecule has 1 aromatic rings. The van der Waals surface area contributed by atoms with E-state index in [0.717, 1.165) is 24.1 Å². The Hall–Kier alpha value is -2.17. The molecule has 0 aliphatic carbocycles. The van der Waals surface area contributed by atoms with Crippen LogP contribution in [0.5, 0.6) is 0 Å². The number of anilines is 1. The van der Waals surface area contributed by atoms with E-state index >= 15 is 0 Å². The van der Waals surface area contributed by atoms with Crippen LogP contribution in [0.25, 0.3) is 0 Å². The third-order valence-electron chi connectivity index (χ3n) is 3.18. The van der Waals surface area contributed by atoms with Crippen molar-refractivity contribution in [2.75, 3.05) is 4.90 Å². The van der Waals surface area contributed by atoms with Gasteiger partial charge in [-0.25, -0.2) is 9.18 Å². The van der Waals surface area contributed by atoms with Crippen LogP contribution in [0.15, 0.2) is 30.4 Å². The van der Waals surface area contributed by atoms with Crippen molar-refractivity contribution in [1.82, 2.24) is 0 Å². The van der Waals surface area contributed by atoms with E-state index in [1.165, 1.54) is 17.0 Å². The lowest BCUT2D eigenvalue weighted by Crippen LogP contribution is -2.41. The Morgan fingerprint density at radius 1 is 1.42 bits per heavy atom. The van der Waals surface area contributed by atoms with Gasteiger partial charge in [-0.2, -0.15) is 0 Å². The molecule has 1 aliphatic heterocycles. The summed E-state index contributed by atoms with van der Waals surface area (Å²) < 4.78 is 13.2. The number of halogens is 1. The van der Waals surface area contributed by atoms with Crippen molar-refractivity contribution in [3.8, 4) is 0 Å². The predicted octanol–water partition coefficient (Wildman–Crippen LogP) is 2.13. The molecule has 1 unspecified atom stereocenters. The molecule has 2 rings (SSSR count). The molecule has 0 aromatic heterocycles. The van der Waals surface area contributed by atoms with Crippen LogP contribution >= 0.6 is 0 Å². The smallest absolute Gasteiger partial charge is 0.328 e. The Morgan fingerprint density at radius 2 is 2.16 bits per heavy atom. The van der Waals surface area contributed by atoms with Gasteiger partial charge in [0.15, 0.2) is 0 Å². The quantitative estimate of drug-likeness (QED) is 0.832. The van der Waals surface area contributed by atoms with E-state index in [1.54, 1.807) is 6.07 Å². The molecule has 5 heteroatoms. The van der Waals surface area contributed by atoms with Crippen LogP contribution in [0, 0.1) is 5.82 Å². The van der Waals surface area contributed by atoms with E-state index in [1.807, 2.05) is 6.92 Å². The minimum atomic E-state index is -1.17. The van der Waals surface area contributed by atoms with Gasteiger partial charge in [0.25, 0.3) is 5.91 Å². The summed E-state index contributed by atoms with van der Waals surface area (Å²) in [4.78, 5) is 24.0. The molecule has 0 saturated carbocycles. The number of nitrogens with zero attached hydrogens (tertiary/aromatic N) is 1. The van der Waals surface area contributed by atoms with Gasteiger partial charge in [-0.05, 0) is 43.5 Å². The molecule has 1 aromatic carbocycles. The van der Waals surface area contributed by atoms with Crippen molar-refractivity contribution >= 4 is 17.6 Å². The van der Waals surface area contributed by atoms with E-state index < -0.39 is 11.9 Å². The molecule has 0 saturated heterocycles. The van der Waals surface area contributed by atoms with E-state index in [9.17, 15) is 14.0 Å². The molecule has 1 atom stereocenters. The number of carbonyl (C=O) groups excluding carboxylic acids is 1. The van der Waals surface area contributed by atoms with Gasteiger partial charge in [-0.1, -0.05) is 0 Å². The normalized spacial score (nSPS) is 18.4. The average molecular weight is 263 g/mol. The summed E-state index contributed by atoms with van der Waals surface area (Å²) in [7, 11) is 0. The molecule has 0 bridgehead atoms. The maximum Gasteiger partial charge on any atom is 0.328 e. The number of rotatable bonds is 2. The Kier molecular flexibility index (Phi) is 3.64. The summed E-state index contributed by atoms with van der Waals surface area (Å²) >= 11 is 0. The van der Waals surface area contributed by atoms with Crippen LogP contribution in [-0.4, -0.2) is 23.0 Å². The van der Waals surface area contributed by atoms with Gasteiger partial charge in [0.2, 0.25) is 0 Å². The minimum absolute atomic E-state index is 0.0380. The monoisotopic (exact) mass is 263 g/mol. The van der Waals surface area contributed by atoms with Crippen LogP contribution in [0.3, 0.4) is 0 Å². The molecule has 1 aliphatic rings. The second-order valence-electron chi connectivity index (χ2n) is 4.54. The molecular formula is C14H14FNO3. The predicted molar refractivity (Wildman–Crippen MR) is 68.4 cm³/mol. The molecule has 0 fully saturated rings. The average Bonchev–Trinajstić information content (AvgIpc) is 2.36. The number of carboxylic acids is 1. The molecule has 1 N–H and O–H groups in total. The lowest BCUT2D eigenvalue weighted by Gasteiger charge is -2.34. The van der Waals surface area contributed by atoms with Gasteiger partial charge in [0, 0.05) is 23.9 Å². The van der Waals surface area contributed by atoms with E-state index in [-0.39, 0.29) is 11.9 Å². The van der Waals surface area contributed by atoms with Crippen LogP contribution in [-0.2, 0) is 16.0 Å². The van der Waals surface area contributed by atoms with Gasteiger partial charge in [-0.3, -0.25) is 4.79 Å². The highest BCUT2D eigenvalue weighted by Crippen LogP contribution is 2.31. The zero-order valence-corrected chi connectivity index (χ0v) is 10.5.